The molecule has 1 aromatic heterocycles. The van der Waals surface area contributed by atoms with Gasteiger partial charge in [-0.1, -0.05) is 23.5 Å². The van der Waals surface area contributed by atoms with Crippen LogP contribution in [-0.2, 0) is 9.59 Å². The van der Waals surface area contributed by atoms with Gasteiger partial charge in [0.2, 0.25) is 0 Å². The molecule has 1 aliphatic heterocycles. The monoisotopic (exact) mass is 534 g/mol. The molecule has 0 radical (unpaired) electrons. The van der Waals surface area contributed by atoms with E-state index >= 15 is 0 Å². The molecule has 1 aliphatic rings. The van der Waals surface area contributed by atoms with E-state index in [0.29, 0.717) is 39.4 Å². The zero-order valence-corrected chi connectivity index (χ0v) is 21.5. The number of carbonyl (C=O) groups is 2. The number of anilines is 1. The van der Waals surface area contributed by atoms with Crippen LogP contribution in [0.1, 0.15) is 24.1 Å². The van der Waals surface area contributed by atoms with Gasteiger partial charge in [0.1, 0.15) is 23.4 Å². The second-order valence-corrected chi connectivity index (χ2v) is 9.33. The molecule has 8 nitrogen and oxygen atoms in total. The number of hydrogen-bond donors (Lipinski definition) is 1. The molecule has 1 N–H and O–H groups in total. The van der Waals surface area contributed by atoms with Crippen molar-refractivity contribution in [3.05, 3.63) is 83.2 Å². The Morgan fingerprint density at radius 1 is 1.08 bits per heavy atom. The lowest BCUT2D eigenvalue weighted by molar-refractivity contribution is -0.132. The van der Waals surface area contributed by atoms with E-state index in [2.05, 4.69) is 4.98 Å². The van der Waals surface area contributed by atoms with Crippen molar-refractivity contribution in [2.24, 2.45) is 0 Å². The molecule has 0 saturated carbocycles. The third kappa shape index (κ3) is 4.22. The Labute approximate surface area is 221 Å². The van der Waals surface area contributed by atoms with E-state index in [1.807, 2.05) is 6.92 Å². The molecular weight excluding hydrogens is 511 g/mol. The van der Waals surface area contributed by atoms with Crippen molar-refractivity contribution in [2.75, 3.05) is 25.7 Å². The smallest absolute Gasteiger partial charge is 0.301 e. The standard InChI is InChI=1S/C28H23FN2O6S/c1-4-37-17-11-8-15(9-12-17)24(32)22-23(18-6-5-7-20(35-2)26(18)36-3)31(27(34)25(22)33)28-30-19-13-10-16(29)14-21(19)38-28/h5-14,23,32H,4H2,1-3H3/b24-22+. The SMILES string of the molecule is CCOc1ccc(/C(O)=C2\C(=O)C(=O)N(c3nc4ccc(F)cc4s3)C2c2cccc(OC)c2OC)cc1. The van der Waals surface area contributed by atoms with Gasteiger partial charge in [-0.25, -0.2) is 9.37 Å². The molecule has 1 amide bonds. The van der Waals surface area contributed by atoms with Gasteiger partial charge in [-0.3, -0.25) is 14.5 Å². The molecule has 10 heteroatoms. The van der Waals surface area contributed by atoms with Crippen molar-refractivity contribution in [1.82, 2.24) is 4.98 Å². The Morgan fingerprint density at radius 3 is 2.53 bits per heavy atom. The number of aliphatic hydroxyl groups excluding tert-OH is 1. The van der Waals surface area contributed by atoms with Crippen molar-refractivity contribution < 1.29 is 33.3 Å². The molecule has 38 heavy (non-hydrogen) atoms. The number of amides is 1. The summed E-state index contributed by atoms with van der Waals surface area (Å²) in [6, 6.07) is 14.6. The summed E-state index contributed by atoms with van der Waals surface area (Å²) in [4.78, 5) is 32.7. The van der Waals surface area contributed by atoms with Crippen molar-refractivity contribution in [1.29, 1.82) is 0 Å². The average molecular weight is 535 g/mol. The van der Waals surface area contributed by atoms with Crippen molar-refractivity contribution >= 4 is 44.1 Å². The van der Waals surface area contributed by atoms with Gasteiger partial charge >= 0.3 is 5.91 Å². The number of aromatic nitrogens is 1. The minimum absolute atomic E-state index is 0.142. The summed E-state index contributed by atoms with van der Waals surface area (Å²) in [7, 11) is 2.92. The summed E-state index contributed by atoms with van der Waals surface area (Å²) < 4.78 is 30.9. The van der Waals surface area contributed by atoms with Gasteiger partial charge < -0.3 is 19.3 Å². The number of nitrogens with zero attached hydrogens (tertiary/aromatic N) is 2. The van der Waals surface area contributed by atoms with Gasteiger partial charge in [0.25, 0.3) is 5.78 Å². The number of halogens is 1. The first-order valence-electron chi connectivity index (χ1n) is 11.7. The second-order valence-electron chi connectivity index (χ2n) is 8.32. The number of carbonyl (C=O) groups excluding carboxylic acids is 2. The van der Waals surface area contributed by atoms with Gasteiger partial charge in [0.15, 0.2) is 16.6 Å². The minimum atomic E-state index is -1.10. The fourth-order valence-electron chi connectivity index (χ4n) is 4.47. The normalized spacial score (nSPS) is 16.7. The summed E-state index contributed by atoms with van der Waals surface area (Å²) in [6.07, 6.45) is 0. The quantitative estimate of drug-likeness (QED) is 0.191. The number of Topliss-reactive ketones (excluding diaryl/α,β-unsaturated/α-hetero) is 1. The Hall–Kier alpha value is -4.44. The predicted molar refractivity (Wildman–Crippen MR) is 142 cm³/mol. The average Bonchev–Trinajstić information content (AvgIpc) is 3.45. The molecule has 2 heterocycles. The summed E-state index contributed by atoms with van der Waals surface area (Å²) >= 11 is 1.06. The first-order chi connectivity index (χ1) is 18.4. The molecule has 5 rings (SSSR count). The van der Waals surface area contributed by atoms with E-state index in [4.69, 9.17) is 14.2 Å². The molecule has 3 aromatic carbocycles. The van der Waals surface area contributed by atoms with Gasteiger partial charge in [0.05, 0.1) is 36.6 Å². The third-order valence-electron chi connectivity index (χ3n) is 6.16. The van der Waals surface area contributed by atoms with Crippen LogP contribution in [0.5, 0.6) is 17.2 Å². The molecule has 0 spiro atoms. The topological polar surface area (TPSA) is 98.2 Å². The summed E-state index contributed by atoms with van der Waals surface area (Å²) in [5.74, 6) is -1.33. The van der Waals surface area contributed by atoms with E-state index in [9.17, 15) is 19.1 Å². The van der Waals surface area contributed by atoms with Gasteiger partial charge in [-0.15, -0.1) is 0 Å². The number of benzene rings is 3. The highest BCUT2D eigenvalue weighted by Crippen LogP contribution is 2.48. The van der Waals surface area contributed by atoms with E-state index < -0.39 is 23.5 Å². The summed E-state index contributed by atoms with van der Waals surface area (Å²) in [6.45, 7) is 2.32. The number of thiazole rings is 1. The van der Waals surface area contributed by atoms with E-state index in [1.165, 1.54) is 37.3 Å². The van der Waals surface area contributed by atoms with Crippen LogP contribution >= 0.6 is 11.3 Å². The van der Waals surface area contributed by atoms with E-state index in [-0.39, 0.29) is 22.2 Å². The number of ketones is 1. The number of ether oxygens (including phenoxy) is 3. The number of para-hydroxylation sites is 1. The Morgan fingerprint density at radius 2 is 1.84 bits per heavy atom. The fraction of sp³-hybridized carbons (Fsp3) is 0.179. The van der Waals surface area contributed by atoms with Crippen molar-refractivity contribution in [2.45, 2.75) is 13.0 Å². The minimum Gasteiger partial charge on any atom is -0.507 e. The largest absolute Gasteiger partial charge is 0.507 e. The maximum Gasteiger partial charge on any atom is 0.301 e. The molecule has 0 bridgehead atoms. The number of fused-ring (bicyclic) bond motifs is 1. The molecule has 1 fully saturated rings. The van der Waals surface area contributed by atoms with Crippen molar-refractivity contribution in [3.63, 3.8) is 0 Å². The van der Waals surface area contributed by atoms with Crippen LogP contribution in [0.3, 0.4) is 0 Å². The molecule has 4 aromatic rings. The van der Waals surface area contributed by atoms with Crippen LogP contribution in [0.15, 0.2) is 66.2 Å². The molecular formula is C28H23FN2O6S. The van der Waals surface area contributed by atoms with Gasteiger partial charge in [-0.2, -0.15) is 0 Å². The van der Waals surface area contributed by atoms with Crippen LogP contribution in [-0.4, -0.2) is 42.6 Å². The summed E-state index contributed by atoms with van der Waals surface area (Å²) in [5.41, 5.74) is 1.06. The van der Waals surface area contributed by atoms with Crippen LogP contribution in [0.2, 0.25) is 0 Å². The number of aliphatic hydroxyl groups is 1. The maximum atomic E-state index is 13.9. The molecule has 1 saturated heterocycles. The number of methoxy groups -OCH3 is 2. The zero-order chi connectivity index (χ0) is 27.0. The summed E-state index contributed by atoms with van der Waals surface area (Å²) in [5, 5.41) is 11.6. The molecule has 1 atom stereocenters. The van der Waals surface area contributed by atoms with E-state index in [1.54, 1.807) is 42.5 Å². The first kappa shape index (κ1) is 25.2. The maximum absolute atomic E-state index is 13.9. The lowest BCUT2D eigenvalue weighted by atomic mass is 9.94. The zero-order valence-electron chi connectivity index (χ0n) is 20.7. The molecule has 0 aliphatic carbocycles. The fourth-order valence-corrected chi connectivity index (χ4v) is 5.49. The Kier molecular flexibility index (Phi) is 6.73. The van der Waals surface area contributed by atoms with Crippen LogP contribution in [0.25, 0.3) is 16.0 Å². The van der Waals surface area contributed by atoms with Crippen LogP contribution < -0.4 is 19.1 Å². The predicted octanol–water partition coefficient (Wildman–Crippen LogP) is 5.48. The number of hydrogen-bond acceptors (Lipinski definition) is 8. The Bertz CT molecular complexity index is 1580. The molecule has 1 unspecified atom stereocenters. The third-order valence-corrected chi connectivity index (χ3v) is 7.17. The highest BCUT2D eigenvalue weighted by molar-refractivity contribution is 7.22. The number of rotatable bonds is 7. The highest BCUT2D eigenvalue weighted by atomic mass is 32.1. The lowest BCUT2D eigenvalue weighted by Crippen LogP contribution is -2.29. The van der Waals surface area contributed by atoms with Crippen LogP contribution in [0, 0.1) is 5.82 Å². The highest BCUT2D eigenvalue weighted by Gasteiger charge is 2.49. The lowest BCUT2D eigenvalue weighted by Gasteiger charge is -2.25. The van der Waals surface area contributed by atoms with Gasteiger partial charge in [-0.05, 0) is 55.5 Å². The van der Waals surface area contributed by atoms with Crippen molar-refractivity contribution in [3.8, 4) is 17.2 Å². The van der Waals surface area contributed by atoms with Gasteiger partial charge in [0, 0.05) is 11.1 Å². The van der Waals surface area contributed by atoms with E-state index in [0.717, 1.165) is 11.3 Å². The first-order valence-corrected chi connectivity index (χ1v) is 12.5. The molecule has 194 valence electrons. The van der Waals surface area contributed by atoms with Crippen LogP contribution in [0.4, 0.5) is 9.52 Å². The Balaban J connectivity index is 1.74. The second kappa shape index (κ2) is 10.1.